The molecule has 90 valence electrons. The molecule has 4 nitrogen and oxygen atoms in total. The first-order valence-corrected chi connectivity index (χ1v) is 6.70. The van der Waals surface area contributed by atoms with Crippen molar-refractivity contribution in [1.82, 2.24) is 9.97 Å². The zero-order valence-corrected chi connectivity index (χ0v) is 10.8. The number of nitrogens with one attached hydrogen (secondary N) is 1. The van der Waals surface area contributed by atoms with Crippen LogP contribution in [0.3, 0.4) is 0 Å². The third-order valence-corrected chi connectivity index (χ3v) is 3.85. The first kappa shape index (κ1) is 11.2. The predicted octanol–water partition coefficient (Wildman–Crippen LogP) is 2.95. The Morgan fingerprint density at radius 1 is 1.44 bits per heavy atom. The molecule has 0 spiro atoms. The lowest BCUT2D eigenvalue weighted by atomic mass is 10.1. The topological polar surface area (TPSA) is 61.6 Å². The summed E-state index contributed by atoms with van der Waals surface area (Å²) in [6.07, 6.45) is 4.99. The van der Waals surface area contributed by atoms with Crippen LogP contribution in [0.2, 0.25) is 0 Å². The van der Waals surface area contributed by atoms with Gasteiger partial charge in [-0.3, -0.25) is 0 Å². The predicted molar refractivity (Wildman–Crippen MR) is 71.1 cm³/mol. The first-order chi connectivity index (χ1) is 8.76. The Kier molecular flexibility index (Phi) is 2.73. The lowest BCUT2D eigenvalue weighted by Gasteiger charge is -2.07. The molecule has 2 heterocycles. The summed E-state index contributed by atoms with van der Waals surface area (Å²) in [5.41, 5.74) is 2.93. The van der Waals surface area contributed by atoms with Gasteiger partial charge in [-0.05, 0) is 37.8 Å². The van der Waals surface area contributed by atoms with E-state index in [9.17, 15) is 5.26 Å². The van der Waals surface area contributed by atoms with Crippen LogP contribution in [-0.2, 0) is 12.8 Å². The second-order valence-electron chi connectivity index (χ2n) is 4.36. The molecular weight excluding hydrogens is 244 g/mol. The van der Waals surface area contributed by atoms with Gasteiger partial charge in [0.05, 0.1) is 5.56 Å². The number of rotatable bonds is 2. The molecule has 0 atom stereocenters. The highest BCUT2D eigenvalue weighted by molar-refractivity contribution is 7.15. The average Bonchev–Trinajstić information content (AvgIpc) is 2.97. The van der Waals surface area contributed by atoms with Gasteiger partial charge in [-0.15, -0.1) is 11.3 Å². The number of pyridine rings is 1. The Labute approximate surface area is 109 Å². The summed E-state index contributed by atoms with van der Waals surface area (Å²) in [5, 5.41) is 13.1. The van der Waals surface area contributed by atoms with Crippen molar-refractivity contribution in [2.75, 3.05) is 5.32 Å². The smallest absolute Gasteiger partial charge is 0.188 e. The fraction of sp³-hybridized carbons (Fsp3) is 0.308. The van der Waals surface area contributed by atoms with E-state index in [-0.39, 0.29) is 0 Å². The van der Waals surface area contributed by atoms with E-state index < -0.39 is 0 Å². The minimum Gasteiger partial charge on any atom is -0.315 e. The van der Waals surface area contributed by atoms with Gasteiger partial charge >= 0.3 is 0 Å². The van der Waals surface area contributed by atoms with Crippen LogP contribution in [0.25, 0.3) is 0 Å². The number of thiazole rings is 1. The van der Waals surface area contributed by atoms with Crippen molar-refractivity contribution < 1.29 is 0 Å². The number of fused-ring (bicyclic) bond motifs is 1. The van der Waals surface area contributed by atoms with Crippen LogP contribution in [0.5, 0.6) is 0 Å². The molecule has 18 heavy (non-hydrogen) atoms. The molecule has 1 N–H and O–H groups in total. The maximum absolute atomic E-state index is 9.19. The summed E-state index contributed by atoms with van der Waals surface area (Å²) >= 11 is 1.56. The highest BCUT2D eigenvalue weighted by Crippen LogP contribution is 2.28. The van der Waals surface area contributed by atoms with Crippen LogP contribution in [0, 0.1) is 18.3 Å². The monoisotopic (exact) mass is 256 g/mol. The summed E-state index contributed by atoms with van der Waals surface area (Å²) in [4.78, 5) is 9.94. The second-order valence-corrected chi connectivity index (χ2v) is 5.59. The summed E-state index contributed by atoms with van der Waals surface area (Å²) in [5.74, 6) is 0.632. The minimum atomic E-state index is 0.600. The van der Waals surface area contributed by atoms with Gasteiger partial charge in [0.15, 0.2) is 5.13 Å². The third-order valence-electron chi connectivity index (χ3n) is 3.02. The number of aromatic nitrogens is 2. The molecule has 0 bridgehead atoms. The molecule has 0 amide bonds. The van der Waals surface area contributed by atoms with Gasteiger partial charge in [0, 0.05) is 16.8 Å². The van der Waals surface area contributed by atoms with E-state index in [1.807, 2.05) is 19.2 Å². The van der Waals surface area contributed by atoms with Crippen LogP contribution in [0.4, 0.5) is 10.9 Å². The Morgan fingerprint density at radius 3 is 3.06 bits per heavy atom. The molecule has 0 unspecified atom stereocenters. The number of anilines is 2. The van der Waals surface area contributed by atoms with E-state index in [2.05, 4.69) is 21.4 Å². The SMILES string of the molecule is Cc1cnc(Nc2nc3c(cc2C#N)CCC3)s1. The van der Waals surface area contributed by atoms with E-state index in [1.54, 1.807) is 11.3 Å². The zero-order chi connectivity index (χ0) is 12.5. The molecule has 2 aromatic rings. The molecule has 0 radical (unpaired) electrons. The zero-order valence-electron chi connectivity index (χ0n) is 10.0. The molecule has 2 aromatic heterocycles. The molecule has 1 aliphatic rings. The van der Waals surface area contributed by atoms with Crippen molar-refractivity contribution in [2.45, 2.75) is 26.2 Å². The fourth-order valence-corrected chi connectivity index (χ4v) is 2.83. The van der Waals surface area contributed by atoms with E-state index in [4.69, 9.17) is 0 Å². The number of nitrogens with zero attached hydrogens (tertiary/aromatic N) is 3. The Morgan fingerprint density at radius 2 is 2.33 bits per heavy atom. The van der Waals surface area contributed by atoms with Crippen LogP contribution in [-0.4, -0.2) is 9.97 Å². The summed E-state index contributed by atoms with van der Waals surface area (Å²) in [6.45, 7) is 2.00. The van der Waals surface area contributed by atoms with Crippen LogP contribution in [0.15, 0.2) is 12.3 Å². The van der Waals surface area contributed by atoms with E-state index in [0.717, 1.165) is 35.0 Å². The maximum atomic E-state index is 9.19. The van der Waals surface area contributed by atoms with Gasteiger partial charge in [-0.25, -0.2) is 9.97 Å². The molecule has 0 aromatic carbocycles. The Bertz CT molecular complexity index is 639. The van der Waals surface area contributed by atoms with Crippen molar-refractivity contribution in [3.63, 3.8) is 0 Å². The van der Waals surface area contributed by atoms with Crippen molar-refractivity contribution in [3.05, 3.63) is 34.0 Å². The maximum Gasteiger partial charge on any atom is 0.188 e. The number of hydrogen-bond donors (Lipinski definition) is 1. The molecule has 0 fully saturated rings. The van der Waals surface area contributed by atoms with Crippen molar-refractivity contribution >= 4 is 22.3 Å². The van der Waals surface area contributed by atoms with E-state index in [0.29, 0.717) is 11.4 Å². The quantitative estimate of drug-likeness (QED) is 0.897. The van der Waals surface area contributed by atoms with Gasteiger partial charge in [0.25, 0.3) is 0 Å². The number of aryl methyl sites for hydroxylation is 3. The fourth-order valence-electron chi connectivity index (χ4n) is 2.17. The molecular formula is C13H12N4S. The normalized spacial score (nSPS) is 13.1. The van der Waals surface area contributed by atoms with Gasteiger partial charge < -0.3 is 5.32 Å². The highest BCUT2D eigenvalue weighted by Gasteiger charge is 2.16. The summed E-state index contributed by atoms with van der Waals surface area (Å²) < 4.78 is 0. The minimum absolute atomic E-state index is 0.600. The first-order valence-electron chi connectivity index (χ1n) is 5.88. The second kappa shape index (κ2) is 4.39. The van der Waals surface area contributed by atoms with Crippen molar-refractivity contribution in [1.29, 1.82) is 5.26 Å². The Hall–Kier alpha value is -1.93. The molecule has 0 saturated carbocycles. The van der Waals surface area contributed by atoms with Crippen LogP contribution in [0.1, 0.15) is 28.1 Å². The molecule has 0 saturated heterocycles. The number of hydrogen-bond acceptors (Lipinski definition) is 5. The summed E-state index contributed by atoms with van der Waals surface area (Å²) in [7, 11) is 0. The van der Waals surface area contributed by atoms with Gasteiger partial charge in [-0.2, -0.15) is 5.26 Å². The lowest BCUT2D eigenvalue weighted by Crippen LogP contribution is -2.00. The van der Waals surface area contributed by atoms with E-state index in [1.165, 1.54) is 5.56 Å². The molecule has 5 heteroatoms. The third kappa shape index (κ3) is 1.95. The van der Waals surface area contributed by atoms with Crippen LogP contribution >= 0.6 is 11.3 Å². The van der Waals surface area contributed by atoms with Crippen molar-refractivity contribution in [2.24, 2.45) is 0 Å². The van der Waals surface area contributed by atoms with Gasteiger partial charge in [0.2, 0.25) is 0 Å². The van der Waals surface area contributed by atoms with E-state index >= 15 is 0 Å². The van der Waals surface area contributed by atoms with Gasteiger partial charge in [-0.1, -0.05) is 0 Å². The molecule has 0 aliphatic heterocycles. The molecule has 1 aliphatic carbocycles. The molecule has 3 rings (SSSR count). The number of nitriles is 1. The Balaban J connectivity index is 1.98. The standard InChI is InChI=1S/C13H12N4S/c1-8-7-15-13(18-8)17-12-10(6-14)5-9-3-2-4-11(9)16-12/h5,7H,2-4H2,1H3,(H,15,16,17). The lowest BCUT2D eigenvalue weighted by molar-refractivity contribution is 0.900. The highest BCUT2D eigenvalue weighted by atomic mass is 32.1. The largest absolute Gasteiger partial charge is 0.315 e. The van der Waals surface area contributed by atoms with Crippen LogP contribution < -0.4 is 5.32 Å². The summed E-state index contributed by atoms with van der Waals surface area (Å²) in [6, 6.07) is 4.16. The van der Waals surface area contributed by atoms with Gasteiger partial charge in [0.1, 0.15) is 11.9 Å². The van der Waals surface area contributed by atoms with Crippen molar-refractivity contribution in [3.8, 4) is 6.07 Å². The average molecular weight is 256 g/mol.